The number of fused-ring (bicyclic) bond motifs is 1. The van der Waals surface area contributed by atoms with Crippen LogP contribution in [0.4, 0.5) is 13.2 Å². The Kier molecular flexibility index (Phi) is 2.75. The van der Waals surface area contributed by atoms with E-state index in [0.717, 1.165) is 0 Å². The molecule has 1 aromatic rings. The quantitative estimate of drug-likeness (QED) is 0.867. The maximum Gasteiger partial charge on any atom is 0.407 e. The van der Waals surface area contributed by atoms with E-state index in [0.29, 0.717) is 5.75 Å². The predicted molar refractivity (Wildman–Crippen MR) is 53.2 cm³/mol. The van der Waals surface area contributed by atoms with E-state index in [2.05, 4.69) is 15.9 Å². The second kappa shape index (κ2) is 3.81. The second-order valence-corrected chi connectivity index (χ2v) is 4.10. The normalized spacial score (nSPS) is 16.3. The Balaban J connectivity index is 2.42. The topological polar surface area (TPSA) is 44.5 Å². The Morgan fingerprint density at radius 2 is 1.81 bits per heavy atom. The highest BCUT2D eigenvalue weighted by molar-refractivity contribution is 9.10. The standard InChI is InChI=1S/C9H7BrF3NO2/c10-5-2-7-6(15-3-16-7)1-4(5)8(14)9(11,12)13/h1-2,8H,3,14H2/t8-/m1/s1. The Hall–Kier alpha value is -0.950. The van der Waals surface area contributed by atoms with Gasteiger partial charge in [-0.05, 0) is 17.7 Å². The van der Waals surface area contributed by atoms with Crippen molar-refractivity contribution in [2.45, 2.75) is 12.2 Å². The first-order valence-electron chi connectivity index (χ1n) is 4.31. The number of benzene rings is 1. The van der Waals surface area contributed by atoms with E-state index < -0.39 is 12.2 Å². The fourth-order valence-electron chi connectivity index (χ4n) is 1.35. The molecule has 88 valence electrons. The lowest BCUT2D eigenvalue weighted by Crippen LogP contribution is -2.28. The minimum absolute atomic E-state index is 0.00643. The molecule has 2 N–H and O–H groups in total. The molecule has 1 aromatic carbocycles. The lowest BCUT2D eigenvalue weighted by Gasteiger charge is -2.17. The molecule has 2 rings (SSSR count). The molecule has 1 heterocycles. The molecule has 0 fully saturated rings. The van der Waals surface area contributed by atoms with Gasteiger partial charge in [0.1, 0.15) is 6.04 Å². The van der Waals surface area contributed by atoms with E-state index >= 15 is 0 Å². The van der Waals surface area contributed by atoms with Gasteiger partial charge < -0.3 is 15.2 Å². The van der Waals surface area contributed by atoms with Gasteiger partial charge in [0.05, 0.1) is 0 Å². The molecule has 0 amide bonds. The van der Waals surface area contributed by atoms with Crippen LogP contribution in [-0.4, -0.2) is 13.0 Å². The van der Waals surface area contributed by atoms with Crippen molar-refractivity contribution < 1.29 is 22.6 Å². The molecule has 0 spiro atoms. The van der Waals surface area contributed by atoms with E-state index in [1.54, 1.807) is 0 Å². The van der Waals surface area contributed by atoms with E-state index in [1.165, 1.54) is 12.1 Å². The lowest BCUT2D eigenvalue weighted by molar-refractivity contribution is -0.149. The van der Waals surface area contributed by atoms with Crippen LogP contribution in [0.15, 0.2) is 16.6 Å². The van der Waals surface area contributed by atoms with Gasteiger partial charge >= 0.3 is 6.18 Å². The molecule has 0 saturated carbocycles. The van der Waals surface area contributed by atoms with Crippen LogP contribution >= 0.6 is 15.9 Å². The molecule has 0 radical (unpaired) electrons. The molecule has 3 nitrogen and oxygen atoms in total. The van der Waals surface area contributed by atoms with Crippen molar-refractivity contribution in [3.05, 3.63) is 22.2 Å². The first kappa shape index (κ1) is 11.5. The Bertz CT molecular complexity index is 422. The van der Waals surface area contributed by atoms with Crippen LogP contribution in [0.25, 0.3) is 0 Å². The molecule has 1 atom stereocenters. The van der Waals surface area contributed by atoms with Crippen LogP contribution in [0.3, 0.4) is 0 Å². The third kappa shape index (κ3) is 1.97. The highest BCUT2D eigenvalue weighted by Crippen LogP contribution is 2.42. The Labute approximate surface area is 97.5 Å². The SMILES string of the molecule is N[C@H](c1cc2c(cc1Br)OCO2)C(F)(F)F. The summed E-state index contributed by atoms with van der Waals surface area (Å²) in [4.78, 5) is 0. The van der Waals surface area contributed by atoms with Gasteiger partial charge in [0, 0.05) is 4.47 Å². The van der Waals surface area contributed by atoms with Crippen LogP contribution in [0.5, 0.6) is 11.5 Å². The van der Waals surface area contributed by atoms with E-state index in [1.807, 2.05) is 0 Å². The Morgan fingerprint density at radius 1 is 1.25 bits per heavy atom. The minimum atomic E-state index is -4.49. The summed E-state index contributed by atoms with van der Waals surface area (Å²) in [6.07, 6.45) is -4.49. The first-order chi connectivity index (χ1) is 7.39. The van der Waals surface area contributed by atoms with Crippen molar-refractivity contribution in [3.63, 3.8) is 0 Å². The molecule has 7 heteroatoms. The number of rotatable bonds is 1. The van der Waals surface area contributed by atoms with Crippen molar-refractivity contribution in [3.8, 4) is 11.5 Å². The van der Waals surface area contributed by atoms with Crippen molar-refractivity contribution in [1.82, 2.24) is 0 Å². The molecular formula is C9H7BrF3NO2. The highest BCUT2D eigenvalue weighted by atomic mass is 79.9. The van der Waals surface area contributed by atoms with E-state index in [9.17, 15) is 13.2 Å². The maximum atomic E-state index is 12.4. The summed E-state index contributed by atoms with van der Waals surface area (Å²) in [6.45, 7) is 0.00643. The van der Waals surface area contributed by atoms with Crippen LogP contribution < -0.4 is 15.2 Å². The number of hydrogen-bond acceptors (Lipinski definition) is 3. The molecule has 16 heavy (non-hydrogen) atoms. The van der Waals surface area contributed by atoms with Gasteiger partial charge in [-0.2, -0.15) is 13.2 Å². The average Bonchev–Trinajstić information content (AvgIpc) is 2.60. The molecule has 0 bridgehead atoms. The van der Waals surface area contributed by atoms with Gasteiger partial charge in [-0.15, -0.1) is 0 Å². The summed E-state index contributed by atoms with van der Waals surface area (Å²) in [5.74, 6) is 0.683. The van der Waals surface area contributed by atoms with Gasteiger partial charge in [-0.25, -0.2) is 0 Å². The van der Waals surface area contributed by atoms with E-state index in [4.69, 9.17) is 15.2 Å². The van der Waals surface area contributed by atoms with Gasteiger partial charge in [0.25, 0.3) is 0 Å². The molecule has 1 aliphatic heterocycles. The number of halogens is 4. The molecule has 0 aromatic heterocycles. The van der Waals surface area contributed by atoms with Crippen molar-refractivity contribution in [2.75, 3.05) is 6.79 Å². The number of hydrogen-bond donors (Lipinski definition) is 1. The number of alkyl halides is 3. The van der Waals surface area contributed by atoms with Crippen molar-refractivity contribution in [1.29, 1.82) is 0 Å². The summed E-state index contributed by atoms with van der Waals surface area (Å²) in [6, 6.07) is 0.616. The van der Waals surface area contributed by atoms with Gasteiger partial charge in [-0.3, -0.25) is 0 Å². The largest absolute Gasteiger partial charge is 0.454 e. The lowest BCUT2D eigenvalue weighted by atomic mass is 10.1. The zero-order valence-corrected chi connectivity index (χ0v) is 9.43. The van der Waals surface area contributed by atoms with Crippen LogP contribution in [0.1, 0.15) is 11.6 Å². The predicted octanol–water partition coefficient (Wildman–Crippen LogP) is 2.74. The number of nitrogens with two attached hydrogens (primary N) is 1. The molecule has 1 aliphatic rings. The average molecular weight is 298 g/mol. The second-order valence-electron chi connectivity index (χ2n) is 3.25. The van der Waals surface area contributed by atoms with Crippen molar-refractivity contribution in [2.24, 2.45) is 5.73 Å². The maximum absolute atomic E-state index is 12.4. The zero-order valence-electron chi connectivity index (χ0n) is 7.84. The van der Waals surface area contributed by atoms with E-state index in [-0.39, 0.29) is 22.6 Å². The molecule has 0 aliphatic carbocycles. The minimum Gasteiger partial charge on any atom is -0.454 e. The van der Waals surface area contributed by atoms with Crippen LogP contribution in [-0.2, 0) is 0 Å². The monoisotopic (exact) mass is 297 g/mol. The smallest absolute Gasteiger partial charge is 0.407 e. The first-order valence-corrected chi connectivity index (χ1v) is 5.10. The fraction of sp³-hybridized carbons (Fsp3) is 0.333. The van der Waals surface area contributed by atoms with Crippen LogP contribution in [0.2, 0.25) is 0 Å². The fourth-order valence-corrected chi connectivity index (χ4v) is 1.92. The van der Waals surface area contributed by atoms with Gasteiger partial charge in [-0.1, -0.05) is 15.9 Å². The molecule has 0 unspecified atom stereocenters. The zero-order chi connectivity index (χ0) is 11.9. The summed E-state index contributed by atoms with van der Waals surface area (Å²) in [5, 5.41) is 0. The highest BCUT2D eigenvalue weighted by Gasteiger charge is 2.39. The van der Waals surface area contributed by atoms with Gasteiger partial charge in [0.2, 0.25) is 6.79 Å². The van der Waals surface area contributed by atoms with Gasteiger partial charge in [0.15, 0.2) is 11.5 Å². The summed E-state index contributed by atoms with van der Waals surface area (Å²) in [7, 11) is 0. The number of ether oxygens (including phenoxy) is 2. The molecule has 0 saturated heterocycles. The summed E-state index contributed by atoms with van der Waals surface area (Å²) >= 11 is 3.03. The van der Waals surface area contributed by atoms with Crippen LogP contribution in [0, 0.1) is 0 Å². The molecular weight excluding hydrogens is 291 g/mol. The Morgan fingerprint density at radius 3 is 2.38 bits per heavy atom. The summed E-state index contributed by atoms with van der Waals surface area (Å²) < 4.78 is 47.6. The summed E-state index contributed by atoms with van der Waals surface area (Å²) in [5.41, 5.74) is 5.04. The third-order valence-corrected chi connectivity index (χ3v) is 2.87. The van der Waals surface area contributed by atoms with Crippen molar-refractivity contribution >= 4 is 15.9 Å². The third-order valence-electron chi connectivity index (χ3n) is 2.18.